The maximum atomic E-state index is 5.86. The fourth-order valence-electron chi connectivity index (χ4n) is 1.29. The third-order valence-electron chi connectivity index (χ3n) is 1.95. The zero-order valence-electron chi connectivity index (χ0n) is 8.84. The van der Waals surface area contributed by atoms with Crippen molar-refractivity contribution in [2.75, 3.05) is 7.11 Å². The van der Waals surface area contributed by atoms with Crippen LogP contribution in [0.25, 0.3) is 0 Å². The average molecular weight is 444 g/mol. The van der Waals surface area contributed by atoms with Crippen molar-refractivity contribution < 1.29 is 37.0 Å². The molecule has 1 rings (SSSR count). The Balaban J connectivity index is 0. The van der Waals surface area contributed by atoms with Crippen LogP contribution in [0.3, 0.4) is 0 Å². The Morgan fingerprint density at radius 2 is 1.93 bits per heavy atom. The van der Waals surface area contributed by atoms with E-state index in [2.05, 4.69) is 18.2 Å². The molecule has 0 aliphatic carbocycles. The van der Waals surface area contributed by atoms with Crippen LogP contribution in [0.2, 0.25) is 0 Å². The minimum atomic E-state index is -0.641. The van der Waals surface area contributed by atoms with Crippen molar-refractivity contribution in [2.45, 2.75) is 17.4 Å². The molecule has 0 amide bonds. The van der Waals surface area contributed by atoms with E-state index in [-0.39, 0.29) is 40.0 Å². The van der Waals surface area contributed by atoms with Gasteiger partial charge in [0.2, 0.25) is 0 Å². The van der Waals surface area contributed by atoms with Crippen LogP contribution in [-0.4, -0.2) is 28.7 Å². The van der Waals surface area contributed by atoms with Crippen LogP contribution in [0.5, 0.6) is 0 Å². The smallest absolute Gasteiger partial charge is 1.00 e. The van der Waals surface area contributed by atoms with Crippen LogP contribution in [0, 0.1) is 0 Å². The van der Waals surface area contributed by atoms with Crippen molar-refractivity contribution in [1.29, 1.82) is 0 Å². The van der Waals surface area contributed by atoms with Gasteiger partial charge in [-0.3, -0.25) is 0 Å². The van der Waals surface area contributed by atoms with E-state index in [1.165, 1.54) is 11.1 Å². The molecule has 0 saturated carbocycles. The molecule has 2 N–H and O–H groups in total. The van der Waals surface area contributed by atoms with Crippen LogP contribution >= 0.6 is 0 Å². The van der Waals surface area contributed by atoms with Gasteiger partial charge in [-0.05, 0) is 0 Å². The first kappa shape index (κ1) is 18.3. The number of hydrogen-bond donors (Lipinski definition) is 1. The molecule has 0 fully saturated rings. The maximum Gasteiger partial charge on any atom is -1.00 e. The molecule has 15 heavy (non-hydrogen) atoms. The Kier molecular flexibility index (Phi) is 12.3. The van der Waals surface area contributed by atoms with E-state index in [1.807, 2.05) is 13.0 Å². The molecule has 1 aromatic rings. The largest absolute Gasteiger partial charge is 1.00 e. The zero-order valence-corrected chi connectivity index (χ0v) is 14.9. The van der Waals surface area contributed by atoms with Crippen molar-refractivity contribution in [3.63, 3.8) is 0 Å². The molecule has 0 aliphatic rings. The summed E-state index contributed by atoms with van der Waals surface area (Å²) < 4.78 is 6.32. The second-order valence-electron chi connectivity index (χ2n) is 3.01. The molecule has 0 bridgehead atoms. The predicted octanol–water partition coefficient (Wildman–Crippen LogP) is -4.52. The standard InChI is InChI=1S/C9H12N.CH3O.2BrH.Sn/c1-7-5-3-4-6-9(7)8(2)10;1-2;;;/h3-6,8H,1,10H2,2H3;1H3;2*1H;/q;-1;;;+3/p-2. The molecule has 0 aliphatic heterocycles. The number of halogens is 2. The molecular formula is C10H15Br2NOSn. The van der Waals surface area contributed by atoms with Crippen LogP contribution in [-0.2, 0) is 7.51 Å². The van der Waals surface area contributed by atoms with Gasteiger partial charge in [0.25, 0.3) is 0 Å². The molecule has 1 unspecified atom stereocenters. The SMILES string of the molecule is C[O][Sn+2][CH2]c1ccccc1C(C)N.[Br-].[Br-]. The summed E-state index contributed by atoms with van der Waals surface area (Å²) in [6, 6.07) is 8.50. The minimum absolute atomic E-state index is 0. The minimum Gasteiger partial charge on any atom is -1.00 e. The molecule has 1 aromatic carbocycles. The van der Waals surface area contributed by atoms with Gasteiger partial charge >= 0.3 is 90.3 Å². The molecule has 2 nitrogen and oxygen atoms in total. The summed E-state index contributed by atoms with van der Waals surface area (Å²) >= 11 is -0.641. The van der Waals surface area contributed by atoms with E-state index in [0.29, 0.717) is 0 Å². The fourth-order valence-corrected chi connectivity index (χ4v) is 3.06. The second-order valence-corrected chi connectivity index (χ2v) is 6.01. The first-order valence-electron chi connectivity index (χ1n) is 4.35. The van der Waals surface area contributed by atoms with Gasteiger partial charge in [0, 0.05) is 0 Å². The van der Waals surface area contributed by atoms with Gasteiger partial charge < -0.3 is 34.0 Å². The first-order chi connectivity index (χ1) is 6.25. The summed E-state index contributed by atoms with van der Waals surface area (Å²) in [5, 5.41) is 0. The Morgan fingerprint density at radius 1 is 1.33 bits per heavy atom. The molecule has 1 atom stereocenters. The summed E-state index contributed by atoms with van der Waals surface area (Å²) in [6.07, 6.45) is 0. The Morgan fingerprint density at radius 3 is 2.47 bits per heavy atom. The number of rotatable bonds is 4. The van der Waals surface area contributed by atoms with E-state index >= 15 is 0 Å². The second kappa shape index (κ2) is 10.1. The van der Waals surface area contributed by atoms with Crippen molar-refractivity contribution in [3.05, 3.63) is 35.4 Å². The van der Waals surface area contributed by atoms with Gasteiger partial charge in [-0.15, -0.1) is 0 Å². The van der Waals surface area contributed by atoms with E-state index in [1.54, 1.807) is 7.11 Å². The van der Waals surface area contributed by atoms with Gasteiger partial charge in [-0.2, -0.15) is 0 Å². The third kappa shape index (κ3) is 6.26. The fraction of sp³-hybridized carbons (Fsp3) is 0.400. The van der Waals surface area contributed by atoms with Crippen molar-refractivity contribution in [2.24, 2.45) is 5.73 Å². The maximum absolute atomic E-state index is 5.86. The van der Waals surface area contributed by atoms with E-state index in [0.717, 1.165) is 4.44 Å². The van der Waals surface area contributed by atoms with Gasteiger partial charge in [-0.25, -0.2) is 0 Å². The predicted molar refractivity (Wildman–Crippen MR) is 55.5 cm³/mol. The van der Waals surface area contributed by atoms with Crippen LogP contribution in [0.4, 0.5) is 0 Å². The average Bonchev–Trinajstić information content (AvgIpc) is 2.15. The van der Waals surface area contributed by atoms with Crippen molar-refractivity contribution in [1.82, 2.24) is 0 Å². The first-order valence-corrected chi connectivity index (χ1v) is 7.53. The molecule has 0 spiro atoms. The number of hydrogen-bond acceptors (Lipinski definition) is 2. The molecule has 0 heterocycles. The van der Waals surface area contributed by atoms with E-state index < -0.39 is 21.6 Å². The quantitative estimate of drug-likeness (QED) is 0.476. The molecule has 0 radical (unpaired) electrons. The van der Waals surface area contributed by atoms with Gasteiger partial charge in [0.15, 0.2) is 0 Å². The third-order valence-corrected chi connectivity index (χ3v) is 4.28. The van der Waals surface area contributed by atoms with Gasteiger partial charge in [0.1, 0.15) is 0 Å². The molecule has 0 aromatic heterocycles. The summed E-state index contributed by atoms with van der Waals surface area (Å²) in [6.45, 7) is 2.02. The van der Waals surface area contributed by atoms with Crippen LogP contribution in [0.15, 0.2) is 24.3 Å². The van der Waals surface area contributed by atoms with Crippen LogP contribution in [0.1, 0.15) is 24.1 Å². The molecular weight excluding hydrogens is 429 g/mol. The van der Waals surface area contributed by atoms with Crippen molar-refractivity contribution >= 4 is 21.6 Å². The van der Waals surface area contributed by atoms with Crippen molar-refractivity contribution in [3.8, 4) is 0 Å². The summed E-state index contributed by atoms with van der Waals surface area (Å²) in [5.74, 6) is 0. The summed E-state index contributed by atoms with van der Waals surface area (Å²) in [7, 11) is 1.79. The topological polar surface area (TPSA) is 35.2 Å². The molecule has 5 heteroatoms. The Hall–Kier alpha value is 0.899. The molecule has 84 valence electrons. The Labute approximate surface area is 123 Å². The monoisotopic (exact) mass is 443 g/mol. The zero-order chi connectivity index (χ0) is 9.68. The Bertz CT molecular complexity index is 271. The number of benzene rings is 1. The van der Waals surface area contributed by atoms with Crippen LogP contribution < -0.4 is 39.7 Å². The summed E-state index contributed by atoms with van der Waals surface area (Å²) in [4.78, 5) is 0. The number of nitrogens with two attached hydrogens (primary N) is 1. The molecule has 0 saturated heterocycles. The summed E-state index contributed by atoms with van der Waals surface area (Å²) in [5.41, 5.74) is 8.50. The van der Waals surface area contributed by atoms with Gasteiger partial charge in [0.05, 0.1) is 0 Å². The van der Waals surface area contributed by atoms with Gasteiger partial charge in [-0.1, -0.05) is 0 Å². The van der Waals surface area contributed by atoms with E-state index in [9.17, 15) is 0 Å². The van der Waals surface area contributed by atoms with E-state index in [4.69, 9.17) is 8.81 Å². The normalized spacial score (nSPS) is 10.6.